The Morgan fingerprint density at radius 3 is 2.45 bits per heavy atom. The fourth-order valence-corrected chi connectivity index (χ4v) is 7.29. The summed E-state index contributed by atoms with van der Waals surface area (Å²) >= 11 is 6.48. The quantitative estimate of drug-likeness (QED) is 0.228. The molecule has 0 radical (unpaired) electrons. The summed E-state index contributed by atoms with van der Waals surface area (Å²) in [4.78, 5) is 55.4. The minimum Gasteiger partial charge on any atom is -0.510 e. The molecule has 1 fully saturated rings. The Balaban J connectivity index is 1.51. The standard InChI is InChI=1S/C27H33ClN4O8/c1-31(2)20-13-8-11-7-12-9-14(28)19(30-15(33)10-32-5-3-4-6-32)22(35)16(12)21(34)17(11)24(37)27(13,40)25(38)18(23(20)36)26(29)39/h9,11,13,19-20,22,35-37,40H,3-8,10H2,1-2H3,(H2,29,39)(H,30,33)/t11?,13?,19?,20-,22?,27-/m0/s1. The smallest absolute Gasteiger partial charge is 0.255 e. The van der Waals surface area contributed by atoms with E-state index in [9.17, 15) is 39.6 Å². The molecule has 5 rings (SSSR count). The van der Waals surface area contributed by atoms with Gasteiger partial charge >= 0.3 is 0 Å². The highest BCUT2D eigenvalue weighted by molar-refractivity contribution is 6.31. The zero-order valence-electron chi connectivity index (χ0n) is 22.2. The number of aliphatic hydroxyl groups excluding tert-OH is 3. The van der Waals surface area contributed by atoms with E-state index in [2.05, 4.69) is 5.32 Å². The second kappa shape index (κ2) is 10.1. The van der Waals surface area contributed by atoms with E-state index in [4.69, 9.17) is 17.3 Å². The summed E-state index contributed by atoms with van der Waals surface area (Å²) in [5.41, 5.74) is 1.85. The number of carbonyl (C=O) groups is 4. The van der Waals surface area contributed by atoms with Crippen molar-refractivity contribution in [1.82, 2.24) is 15.1 Å². The molecule has 0 spiro atoms. The average Bonchev–Trinajstić information content (AvgIpc) is 3.36. The van der Waals surface area contributed by atoms with Gasteiger partial charge in [-0.15, -0.1) is 0 Å². The lowest BCUT2D eigenvalue weighted by atomic mass is 9.58. The van der Waals surface area contributed by atoms with Crippen molar-refractivity contribution in [1.29, 1.82) is 0 Å². The van der Waals surface area contributed by atoms with E-state index in [0.717, 1.165) is 25.9 Å². The maximum atomic E-state index is 13.8. The number of Topliss-reactive ketones (excluding diaryl/α,β-unsaturated/α-hetero) is 2. The fourth-order valence-electron chi connectivity index (χ4n) is 6.98. The topological polar surface area (TPSA) is 194 Å². The number of primary amides is 1. The van der Waals surface area contributed by atoms with Gasteiger partial charge in [-0.1, -0.05) is 11.6 Å². The molecule has 0 aromatic rings. The first-order valence-corrected chi connectivity index (χ1v) is 13.6. The summed E-state index contributed by atoms with van der Waals surface area (Å²) in [6.45, 7) is 1.69. The number of carbonyl (C=O) groups excluding carboxylic acids is 4. The van der Waals surface area contributed by atoms with E-state index in [0.29, 0.717) is 5.57 Å². The van der Waals surface area contributed by atoms with E-state index in [-0.39, 0.29) is 41.5 Å². The van der Waals surface area contributed by atoms with Gasteiger partial charge in [-0.05, 0) is 70.4 Å². The molecule has 4 aliphatic carbocycles. The molecule has 2 amide bonds. The van der Waals surface area contributed by atoms with Crippen LogP contribution in [0.25, 0.3) is 0 Å². The van der Waals surface area contributed by atoms with Gasteiger partial charge in [0.05, 0.1) is 18.6 Å². The largest absolute Gasteiger partial charge is 0.510 e. The molecule has 5 aliphatic rings. The number of fused-ring (bicyclic) bond motifs is 2. The predicted molar refractivity (Wildman–Crippen MR) is 142 cm³/mol. The molecule has 0 aromatic carbocycles. The van der Waals surface area contributed by atoms with E-state index in [1.807, 2.05) is 4.90 Å². The van der Waals surface area contributed by atoms with Crippen LogP contribution in [0.15, 0.2) is 44.9 Å². The molecule has 7 N–H and O–H groups in total. The summed E-state index contributed by atoms with van der Waals surface area (Å²) in [6, 6.07) is -2.17. The van der Waals surface area contributed by atoms with E-state index in [1.54, 1.807) is 14.1 Å². The highest BCUT2D eigenvalue weighted by atomic mass is 35.5. The van der Waals surface area contributed by atoms with Crippen LogP contribution in [0.5, 0.6) is 0 Å². The molecule has 40 heavy (non-hydrogen) atoms. The molecular formula is C27H33ClN4O8. The summed E-state index contributed by atoms with van der Waals surface area (Å²) in [5.74, 6) is -7.10. The van der Waals surface area contributed by atoms with Crippen LogP contribution in [0.3, 0.4) is 0 Å². The fraction of sp³-hybridized carbons (Fsp3) is 0.556. The zero-order valence-corrected chi connectivity index (χ0v) is 22.9. The second-order valence-electron chi connectivity index (χ2n) is 11.4. The van der Waals surface area contributed by atoms with Gasteiger partial charge in [0.2, 0.25) is 11.7 Å². The van der Waals surface area contributed by atoms with Crippen molar-refractivity contribution in [2.75, 3.05) is 33.7 Å². The van der Waals surface area contributed by atoms with Gasteiger partial charge in [0.15, 0.2) is 11.4 Å². The minimum absolute atomic E-state index is 0.0132. The zero-order chi connectivity index (χ0) is 29.3. The van der Waals surface area contributed by atoms with Crippen LogP contribution < -0.4 is 11.1 Å². The van der Waals surface area contributed by atoms with Crippen LogP contribution in [-0.4, -0.2) is 111 Å². The SMILES string of the molecule is CN(C)[C@@H]1C(O)=C(C(N)=O)C(=O)[C@@]2(O)C(O)=C3C(=O)C4=C(C=C(Cl)C(NC(=O)CN5CCCC5)C4O)CC3CC12. The van der Waals surface area contributed by atoms with Crippen LogP contribution in [0, 0.1) is 11.8 Å². The van der Waals surface area contributed by atoms with Crippen molar-refractivity contribution in [3.05, 3.63) is 44.9 Å². The summed E-state index contributed by atoms with van der Waals surface area (Å²) in [7, 11) is 3.13. The lowest BCUT2D eigenvalue weighted by Gasteiger charge is -2.50. The second-order valence-corrected chi connectivity index (χ2v) is 11.8. The number of nitrogens with one attached hydrogen (secondary N) is 1. The Kier molecular flexibility index (Phi) is 7.20. The van der Waals surface area contributed by atoms with E-state index >= 15 is 0 Å². The number of hydrogen-bond donors (Lipinski definition) is 6. The number of rotatable bonds is 5. The van der Waals surface area contributed by atoms with Crippen LogP contribution in [0.1, 0.15) is 25.7 Å². The third kappa shape index (κ3) is 4.20. The summed E-state index contributed by atoms with van der Waals surface area (Å²) in [6.07, 6.45) is 2.08. The number of hydrogen-bond acceptors (Lipinski definition) is 10. The molecule has 216 valence electrons. The predicted octanol–water partition coefficient (Wildman–Crippen LogP) is -0.677. The first-order chi connectivity index (χ1) is 18.8. The lowest BCUT2D eigenvalue weighted by Crippen LogP contribution is -2.64. The molecule has 4 unspecified atom stereocenters. The average molecular weight is 577 g/mol. The molecular weight excluding hydrogens is 544 g/mol. The number of allylic oxidation sites excluding steroid dienone is 3. The molecule has 0 bridgehead atoms. The monoisotopic (exact) mass is 576 g/mol. The number of ketones is 2. The van der Waals surface area contributed by atoms with Crippen molar-refractivity contribution < 1.29 is 39.6 Å². The summed E-state index contributed by atoms with van der Waals surface area (Å²) < 4.78 is 0. The van der Waals surface area contributed by atoms with Crippen molar-refractivity contribution in [2.24, 2.45) is 17.6 Å². The first kappa shape index (κ1) is 28.5. The van der Waals surface area contributed by atoms with Crippen molar-refractivity contribution in [3.8, 4) is 0 Å². The maximum Gasteiger partial charge on any atom is 0.255 e. The highest BCUT2D eigenvalue weighted by Crippen LogP contribution is 2.53. The Bertz CT molecular complexity index is 1330. The van der Waals surface area contributed by atoms with Gasteiger partial charge in [-0.2, -0.15) is 0 Å². The minimum atomic E-state index is -2.71. The van der Waals surface area contributed by atoms with Crippen LogP contribution in [0.4, 0.5) is 0 Å². The third-order valence-electron chi connectivity index (χ3n) is 8.80. The maximum absolute atomic E-state index is 13.8. The number of likely N-dealkylation sites (tertiary alicyclic amines) is 1. The van der Waals surface area contributed by atoms with Crippen LogP contribution in [0.2, 0.25) is 0 Å². The Hall–Kier alpha value is -3.03. The number of halogens is 1. The van der Waals surface area contributed by atoms with Crippen LogP contribution >= 0.6 is 11.6 Å². The first-order valence-electron chi connectivity index (χ1n) is 13.2. The number of likely N-dealkylation sites (N-methyl/N-ethyl adjacent to an activating group) is 1. The van der Waals surface area contributed by atoms with Gasteiger partial charge in [0.25, 0.3) is 5.91 Å². The number of aliphatic hydroxyl groups is 4. The molecule has 6 atom stereocenters. The third-order valence-corrected chi connectivity index (χ3v) is 9.14. The van der Waals surface area contributed by atoms with E-state index in [1.165, 1.54) is 11.0 Å². The molecule has 1 saturated heterocycles. The Morgan fingerprint density at radius 1 is 1.20 bits per heavy atom. The normalized spacial score (nSPS) is 34.5. The molecule has 1 aliphatic heterocycles. The number of nitrogens with zero attached hydrogens (tertiary/aromatic N) is 2. The van der Waals surface area contributed by atoms with Crippen molar-refractivity contribution >= 4 is 35.0 Å². The van der Waals surface area contributed by atoms with Gasteiger partial charge < -0.3 is 31.5 Å². The van der Waals surface area contributed by atoms with Gasteiger partial charge in [-0.3, -0.25) is 29.0 Å². The number of nitrogens with two attached hydrogens (primary N) is 1. The molecule has 0 aromatic heterocycles. The lowest BCUT2D eigenvalue weighted by molar-refractivity contribution is -0.149. The summed E-state index contributed by atoms with van der Waals surface area (Å²) in [5, 5.41) is 47.9. The van der Waals surface area contributed by atoms with Gasteiger partial charge in [0.1, 0.15) is 23.2 Å². The van der Waals surface area contributed by atoms with Crippen molar-refractivity contribution in [3.63, 3.8) is 0 Å². The molecule has 1 heterocycles. The molecule has 12 nitrogen and oxygen atoms in total. The Labute approximate surface area is 235 Å². The number of amides is 2. The van der Waals surface area contributed by atoms with Crippen LogP contribution in [-0.2, 0) is 19.2 Å². The molecule has 0 saturated carbocycles. The van der Waals surface area contributed by atoms with Gasteiger partial charge in [-0.25, -0.2) is 0 Å². The Morgan fingerprint density at radius 2 is 1.85 bits per heavy atom. The van der Waals surface area contributed by atoms with Gasteiger partial charge in [0, 0.05) is 22.1 Å². The highest BCUT2D eigenvalue weighted by Gasteiger charge is 2.63. The molecule has 13 heteroatoms. The van der Waals surface area contributed by atoms with E-state index < -0.39 is 70.2 Å². The van der Waals surface area contributed by atoms with Crippen molar-refractivity contribution in [2.45, 2.75) is 49.5 Å².